The van der Waals surface area contributed by atoms with Crippen molar-refractivity contribution >= 4 is 49.2 Å². The van der Waals surface area contributed by atoms with E-state index in [0.29, 0.717) is 40.6 Å². The van der Waals surface area contributed by atoms with Crippen LogP contribution in [0.4, 0.5) is 15.5 Å². The lowest BCUT2D eigenvalue weighted by Gasteiger charge is -2.39. The molecule has 272 valence electrons. The van der Waals surface area contributed by atoms with Crippen molar-refractivity contribution in [3.8, 4) is 0 Å². The van der Waals surface area contributed by atoms with Crippen LogP contribution in [0.5, 0.6) is 0 Å². The highest BCUT2D eigenvalue weighted by Crippen LogP contribution is 2.60. The van der Waals surface area contributed by atoms with Crippen LogP contribution < -0.4 is 9.80 Å². The van der Waals surface area contributed by atoms with Crippen molar-refractivity contribution in [2.75, 3.05) is 16.4 Å². The average molecular weight is 746 g/mol. The Kier molecular flexibility index (Phi) is 9.57. The van der Waals surface area contributed by atoms with Crippen molar-refractivity contribution in [1.29, 1.82) is 0 Å². The fraction of sp³-hybridized carbons (Fsp3) is 0.395. The highest BCUT2D eigenvalue weighted by Gasteiger charge is 2.66. The van der Waals surface area contributed by atoms with E-state index in [1.54, 1.807) is 59.2 Å². The molecule has 4 aromatic rings. The van der Waals surface area contributed by atoms with Crippen molar-refractivity contribution in [1.82, 2.24) is 15.0 Å². The largest absolute Gasteiger partial charge is 0.441 e. The minimum Gasteiger partial charge on any atom is -0.441 e. The maximum atomic E-state index is 16.4. The molecule has 7 rings (SSSR count). The molecule has 1 N–H and O–H groups in total. The van der Waals surface area contributed by atoms with Gasteiger partial charge in [0.1, 0.15) is 0 Å². The van der Waals surface area contributed by atoms with Crippen LogP contribution in [0.1, 0.15) is 55.0 Å². The molecule has 11 nitrogen and oxygen atoms in total. The van der Waals surface area contributed by atoms with Gasteiger partial charge in [0.05, 0.1) is 43.0 Å². The van der Waals surface area contributed by atoms with Gasteiger partial charge in [-0.25, -0.2) is 0 Å². The third-order valence-electron chi connectivity index (χ3n) is 10.6. The third kappa shape index (κ3) is 6.33. The first-order valence-electron chi connectivity index (χ1n) is 17.4. The summed E-state index contributed by atoms with van der Waals surface area (Å²) < 4.78 is 30.2. The van der Waals surface area contributed by atoms with Crippen LogP contribution in [0.3, 0.4) is 0 Å². The highest BCUT2D eigenvalue weighted by atomic mass is 35.5. The maximum Gasteiger partial charge on any atom is 0.304 e. The van der Waals surface area contributed by atoms with E-state index in [1.807, 2.05) is 49.4 Å². The summed E-state index contributed by atoms with van der Waals surface area (Å²) in [7, 11) is -3.41. The zero-order chi connectivity index (χ0) is 36.9. The monoisotopic (exact) mass is 745 g/mol. The first-order valence-corrected chi connectivity index (χ1v) is 20.8. The number of amides is 2. The van der Waals surface area contributed by atoms with Crippen LogP contribution in [0.25, 0.3) is 0 Å². The van der Waals surface area contributed by atoms with E-state index in [4.69, 9.17) is 21.1 Å². The molecule has 2 fully saturated rings. The second-order valence-corrected chi connectivity index (χ2v) is 18.6. The number of carbonyl (C=O) groups excluding carboxylic acids is 3. The highest BCUT2D eigenvalue weighted by molar-refractivity contribution is 6.72. The van der Waals surface area contributed by atoms with Crippen LogP contribution in [0, 0.1) is 5.92 Å². The second-order valence-electron chi connectivity index (χ2n) is 14.4. The van der Waals surface area contributed by atoms with E-state index in [9.17, 15) is 19.5 Å². The number of nitrogens with zero attached hydrogens (tertiary/aromatic N) is 5. The van der Waals surface area contributed by atoms with Gasteiger partial charge in [0.25, 0.3) is 5.91 Å². The predicted octanol–water partition coefficient (Wildman–Crippen LogP) is 6.09. The number of benzene rings is 3. The summed E-state index contributed by atoms with van der Waals surface area (Å²) in [5.74, 6) is -1.73. The number of rotatable bonds is 11. The van der Waals surface area contributed by atoms with Crippen molar-refractivity contribution in [3.05, 3.63) is 106 Å². The number of carbonyl (C=O) groups is 3. The van der Waals surface area contributed by atoms with Gasteiger partial charge in [-0.15, -0.1) is 5.10 Å². The van der Waals surface area contributed by atoms with E-state index >= 15 is 4.11 Å². The van der Waals surface area contributed by atoms with Gasteiger partial charge in [0, 0.05) is 47.4 Å². The zero-order valence-corrected chi connectivity index (χ0v) is 31.2. The summed E-state index contributed by atoms with van der Waals surface area (Å²) in [4.78, 5) is 41.7. The molecule has 2 saturated heterocycles. The molecule has 52 heavy (non-hydrogen) atoms. The summed E-state index contributed by atoms with van der Waals surface area (Å²) in [6.45, 7) is 6.98. The van der Waals surface area contributed by atoms with E-state index in [-0.39, 0.29) is 37.3 Å². The number of esters is 1. The van der Waals surface area contributed by atoms with Gasteiger partial charge in [-0.05, 0) is 61.0 Å². The molecular formula is C38H41ClFN5O6Si. The number of halogens is 2. The number of hydrogen-bond donors (Lipinski definition) is 1. The summed E-state index contributed by atoms with van der Waals surface area (Å²) in [6, 6.07) is 22.1. The number of aromatic nitrogens is 3. The number of fused-ring (bicyclic) bond motifs is 2. The Morgan fingerprint density at radius 3 is 2.52 bits per heavy atom. The number of aliphatic hydroxyl groups excluding tert-OH is 1. The fourth-order valence-electron chi connectivity index (χ4n) is 8.27. The summed E-state index contributed by atoms with van der Waals surface area (Å²) in [5.41, 5.74) is 2.23. The molecule has 1 aromatic heterocycles. The predicted molar refractivity (Wildman–Crippen MR) is 195 cm³/mol. The van der Waals surface area contributed by atoms with E-state index < -0.39 is 43.8 Å². The molecule has 3 aliphatic rings. The van der Waals surface area contributed by atoms with Crippen LogP contribution in [0.2, 0.25) is 23.7 Å². The standard InChI is InChI=1S/C38H41ClFN5O6Si/c1-23-36(52(3,4)40)33(16-17-43-21-31(41-42-43)29(22-46)26-8-6-5-7-9-26)51-38(23)30-18-27(39)12-15-32(30)44(37(38)49)20-25-10-13-28(14-11-25)45-34(48)19-35(45)50-24(2)47/h5-15,18,21,23,29,33,35-36,46H,16-17,19-20,22H2,1-4H3/t23-,29?,33+,35?,36-,38+/m1/s1. The Morgan fingerprint density at radius 2 is 1.87 bits per heavy atom. The lowest BCUT2D eigenvalue weighted by Crippen LogP contribution is -2.54. The Hall–Kier alpha value is -4.43. The van der Waals surface area contributed by atoms with Gasteiger partial charge in [-0.2, -0.15) is 0 Å². The normalized spacial score (nSPS) is 24.7. The molecule has 3 aromatic carbocycles. The Labute approximate surface area is 307 Å². The van der Waals surface area contributed by atoms with Crippen LogP contribution in [-0.2, 0) is 42.5 Å². The van der Waals surface area contributed by atoms with Crippen molar-refractivity contribution < 1.29 is 33.1 Å². The van der Waals surface area contributed by atoms with E-state index in [0.717, 1.165) is 11.1 Å². The van der Waals surface area contributed by atoms with Gasteiger partial charge >= 0.3 is 5.97 Å². The first-order chi connectivity index (χ1) is 24.8. The Morgan fingerprint density at radius 1 is 1.13 bits per heavy atom. The van der Waals surface area contributed by atoms with Crippen LogP contribution in [-0.4, -0.2) is 65.2 Å². The number of aliphatic hydroxyl groups is 1. The lowest BCUT2D eigenvalue weighted by atomic mass is 9.82. The van der Waals surface area contributed by atoms with Crippen molar-refractivity contribution in [2.24, 2.45) is 5.92 Å². The SMILES string of the molecule is CC(=O)OC1CC(=O)N1c1ccc(CN2C(=O)[C@@]3(O[C@@H](CCn4cc(C(CO)c5ccccc5)nn4)[C@H]([Si](C)(C)F)[C@H]3C)c3cc(Cl)ccc32)cc1. The smallest absolute Gasteiger partial charge is 0.304 e. The van der Waals surface area contributed by atoms with Gasteiger partial charge in [0.2, 0.25) is 14.3 Å². The molecule has 2 amide bonds. The van der Waals surface area contributed by atoms with Crippen molar-refractivity contribution in [2.45, 2.75) is 82.3 Å². The molecule has 0 bridgehead atoms. The van der Waals surface area contributed by atoms with Gasteiger partial charge in [0.15, 0.2) is 11.8 Å². The Bertz CT molecular complexity index is 1990. The maximum absolute atomic E-state index is 16.4. The quantitative estimate of drug-likeness (QED) is 0.0846. The molecule has 14 heteroatoms. The number of anilines is 2. The van der Waals surface area contributed by atoms with Gasteiger partial charge in [-0.1, -0.05) is 66.2 Å². The Balaban J connectivity index is 1.14. The van der Waals surface area contributed by atoms with Crippen molar-refractivity contribution in [3.63, 3.8) is 0 Å². The lowest BCUT2D eigenvalue weighted by molar-refractivity contribution is -0.154. The minimum absolute atomic E-state index is 0.127. The molecule has 4 heterocycles. The van der Waals surface area contributed by atoms with Gasteiger partial charge in [-0.3, -0.25) is 24.0 Å². The zero-order valence-electron chi connectivity index (χ0n) is 29.4. The van der Waals surface area contributed by atoms with Gasteiger partial charge < -0.3 is 23.6 Å². The molecule has 0 radical (unpaired) electrons. The average Bonchev–Trinajstić information content (AvgIpc) is 3.75. The molecule has 0 saturated carbocycles. The summed E-state index contributed by atoms with van der Waals surface area (Å²) in [5, 5.41) is 19.2. The molecule has 1 spiro atoms. The molecule has 2 unspecified atom stereocenters. The van der Waals surface area contributed by atoms with E-state index in [1.165, 1.54) is 11.8 Å². The number of aryl methyl sites for hydroxylation is 1. The van der Waals surface area contributed by atoms with Crippen LogP contribution in [0.15, 0.2) is 79.0 Å². The molecule has 0 aliphatic carbocycles. The number of ether oxygens (including phenoxy) is 2. The molecule has 3 aliphatic heterocycles. The number of hydrogen-bond acceptors (Lipinski definition) is 8. The topological polar surface area (TPSA) is 127 Å². The third-order valence-corrected chi connectivity index (χ3v) is 13.3. The summed E-state index contributed by atoms with van der Waals surface area (Å²) in [6.07, 6.45) is 1.08. The minimum atomic E-state index is -3.41. The molecular weight excluding hydrogens is 705 g/mol. The van der Waals surface area contributed by atoms with E-state index in [2.05, 4.69) is 10.3 Å². The number of β-lactam (4-membered cyclic amide) rings is 1. The molecule has 6 atom stereocenters. The second kappa shape index (κ2) is 13.8. The fourth-order valence-corrected chi connectivity index (χ4v) is 11.0. The van der Waals surface area contributed by atoms with Crippen LogP contribution >= 0.6 is 11.6 Å². The summed E-state index contributed by atoms with van der Waals surface area (Å²) >= 11 is 6.55. The first kappa shape index (κ1) is 35.9.